The van der Waals surface area contributed by atoms with Crippen LogP contribution < -0.4 is 10.6 Å². The van der Waals surface area contributed by atoms with Crippen molar-refractivity contribution >= 4 is 17.4 Å². The van der Waals surface area contributed by atoms with Gasteiger partial charge in [0.25, 0.3) is 5.91 Å². The van der Waals surface area contributed by atoms with Crippen molar-refractivity contribution in [2.75, 3.05) is 17.2 Å². The summed E-state index contributed by atoms with van der Waals surface area (Å²) in [4.78, 5) is 20.2. The summed E-state index contributed by atoms with van der Waals surface area (Å²) in [6.07, 6.45) is 3.22. The molecule has 19 heavy (non-hydrogen) atoms. The first-order valence-corrected chi connectivity index (χ1v) is 6.13. The molecule has 2 aromatic rings. The van der Waals surface area contributed by atoms with Crippen LogP contribution in [0, 0.1) is 6.92 Å². The van der Waals surface area contributed by atoms with Gasteiger partial charge in [0.15, 0.2) is 0 Å². The number of nitrogens with one attached hydrogen (secondary N) is 2. The molecular weight excluding hydrogens is 240 g/mol. The Morgan fingerprint density at radius 2 is 2.11 bits per heavy atom. The first-order valence-electron chi connectivity index (χ1n) is 6.13. The van der Waals surface area contributed by atoms with Crippen LogP contribution in [0.3, 0.4) is 0 Å². The third-order valence-corrected chi connectivity index (χ3v) is 2.54. The quantitative estimate of drug-likeness (QED) is 0.881. The molecule has 0 radical (unpaired) electrons. The molecule has 0 atom stereocenters. The molecule has 0 saturated heterocycles. The van der Waals surface area contributed by atoms with Gasteiger partial charge in [-0.25, -0.2) is 4.98 Å². The lowest BCUT2D eigenvalue weighted by molar-refractivity contribution is 0.102. The van der Waals surface area contributed by atoms with E-state index in [1.165, 1.54) is 0 Å². The second-order valence-corrected chi connectivity index (χ2v) is 4.10. The predicted octanol–water partition coefficient (Wildman–Crippen LogP) is 2.47. The van der Waals surface area contributed by atoms with Crippen molar-refractivity contribution in [2.24, 2.45) is 0 Å². The molecule has 5 heteroatoms. The predicted molar refractivity (Wildman–Crippen MR) is 75.3 cm³/mol. The fraction of sp³-hybridized carbons (Fsp3) is 0.214. The summed E-state index contributed by atoms with van der Waals surface area (Å²) >= 11 is 0. The van der Waals surface area contributed by atoms with Crippen LogP contribution in [0.1, 0.15) is 23.0 Å². The Balaban J connectivity index is 2.07. The molecule has 0 saturated carbocycles. The van der Waals surface area contributed by atoms with Crippen LogP contribution in [-0.4, -0.2) is 22.4 Å². The van der Waals surface area contributed by atoms with E-state index in [0.29, 0.717) is 5.56 Å². The molecule has 0 aliphatic heterocycles. The van der Waals surface area contributed by atoms with Crippen LogP contribution in [0.5, 0.6) is 0 Å². The number of aromatic nitrogens is 2. The number of aryl methyl sites for hydroxylation is 1. The molecule has 2 N–H and O–H groups in total. The molecule has 0 bridgehead atoms. The average Bonchev–Trinajstić information content (AvgIpc) is 2.40. The van der Waals surface area contributed by atoms with Crippen LogP contribution in [0.2, 0.25) is 0 Å². The lowest BCUT2D eigenvalue weighted by Crippen LogP contribution is -2.12. The first-order chi connectivity index (χ1) is 9.19. The zero-order valence-corrected chi connectivity index (χ0v) is 11.0. The largest absolute Gasteiger partial charge is 0.370 e. The van der Waals surface area contributed by atoms with Crippen molar-refractivity contribution < 1.29 is 4.79 Å². The monoisotopic (exact) mass is 256 g/mol. The highest BCUT2D eigenvalue weighted by molar-refractivity contribution is 6.04. The normalized spacial score (nSPS) is 10.0. The van der Waals surface area contributed by atoms with Crippen molar-refractivity contribution in [1.82, 2.24) is 9.97 Å². The molecule has 2 rings (SSSR count). The topological polar surface area (TPSA) is 66.9 Å². The van der Waals surface area contributed by atoms with E-state index >= 15 is 0 Å². The smallest absolute Gasteiger partial charge is 0.257 e. The standard InChI is InChI=1S/C14H16N4O/c1-3-15-13-5-4-11(9-17-13)14(19)18-12-6-7-16-10(2)8-12/h4-9H,3H2,1-2H3,(H,15,17)(H,16,18,19). The van der Waals surface area contributed by atoms with E-state index in [1.807, 2.05) is 19.9 Å². The minimum Gasteiger partial charge on any atom is -0.370 e. The molecule has 0 unspecified atom stereocenters. The van der Waals surface area contributed by atoms with E-state index in [9.17, 15) is 4.79 Å². The maximum Gasteiger partial charge on any atom is 0.257 e. The zero-order valence-electron chi connectivity index (χ0n) is 11.0. The number of rotatable bonds is 4. The number of pyridine rings is 2. The number of hydrogen-bond acceptors (Lipinski definition) is 4. The van der Waals surface area contributed by atoms with Gasteiger partial charge in [0, 0.05) is 30.3 Å². The SMILES string of the molecule is CCNc1ccc(C(=O)Nc2ccnc(C)c2)cn1. The lowest BCUT2D eigenvalue weighted by Gasteiger charge is -2.06. The maximum absolute atomic E-state index is 12.0. The van der Waals surface area contributed by atoms with E-state index in [1.54, 1.807) is 30.6 Å². The van der Waals surface area contributed by atoms with Crippen molar-refractivity contribution in [2.45, 2.75) is 13.8 Å². The van der Waals surface area contributed by atoms with Crippen LogP contribution in [0.15, 0.2) is 36.7 Å². The Morgan fingerprint density at radius 3 is 2.74 bits per heavy atom. The molecule has 0 spiro atoms. The molecule has 1 amide bonds. The number of carbonyl (C=O) groups is 1. The maximum atomic E-state index is 12.0. The van der Waals surface area contributed by atoms with Crippen molar-refractivity contribution in [3.8, 4) is 0 Å². The highest BCUT2D eigenvalue weighted by Crippen LogP contribution is 2.10. The summed E-state index contributed by atoms with van der Waals surface area (Å²) in [5, 5.41) is 5.89. The summed E-state index contributed by atoms with van der Waals surface area (Å²) in [7, 11) is 0. The van der Waals surface area contributed by atoms with Gasteiger partial charge < -0.3 is 10.6 Å². The van der Waals surface area contributed by atoms with Crippen LogP contribution in [-0.2, 0) is 0 Å². The Kier molecular flexibility index (Phi) is 4.07. The van der Waals surface area contributed by atoms with Crippen LogP contribution >= 0.6 is 0 Å². The van der Waals surface area contributed by atoms with E-state index in [-0.39, 0.29) is 5.91 Å². The number of hydrogen-bond donors (Lipinski definition) is 2. The van der Waals surface area contributed by atoms with Gasteiger partial charge in [-0.1, -0.05) is 0 Å². The van der Waals surface area contributed by atoms with E-state index < -0.39 is 0 Å². The molecule has 0 fully saturated rings. The third kappa shape index (κ3) is 3.51. The Hall–Kier alpha value is -2.43. The van der Waals surface area contributed by atoms with Crippen molar-refractivity contribution in [3.05, 3.63) is 47.9 Å². The molecule has 2 heterocycles. The van der Waals surface area contributed by atoms with Crippen LogP contribution in [0.4, 0.5) is 11.5 Å². The van der Waals surface area contributed by atoms with Gasteiger partial charge in [0.05, 0.1) is 5.56 Å². The number of anilines is 2. The van der Waals surface area contributed by atoms with Gasteiger partial charge in [-0.15, -0.1) is 0 Å². The molecular formula is C14H16N4O. The van der Waals surface area contributed by atoms with Crippen molar-refractivity contribution in [1.29, 1.82) is 0 Å². The average molecular weight is 256 g/mol. The minimum absolute atomic E-state index is 0.179. The van der Waals surface area contributed by atoms with Gasteiger partial charge in [0.2, 0.25) is 0 Å². The minimum atomic E-state index is -0.179. The van der Waals surface area contributed by atoms with Gasteiger partial charge in [0.1, 0.15) is 5.82 Å². The Morgan fingerprint density at radius 1 is 1.26 bits per heavy atom. The zero-order chi connectivity index (χ0) is 13.7. The summed E-state index contributed by atoms with van der Waals surface area (Å²) in [5.41, 5.74) is 2.11. The molecule has 2 aromatic heterocycles. The lowest BCUT2D eigenvalue weighted by atomic mass is 10.2. The van der Waals surface area contributed by atoms with Gasteiger partial charge in [-0.2, -0.15) is 0 Å². The van der Waals surface area contributed by atoms with E-state index in [2.05, 4.69) is 20.6 Å². The van der Waals surface area contributed by atoms with Gasteiger partial charge in [-0.05, 0) is 38.1 Å². The second kappa shape index (κ2) is 5.95. The number of carbonyl (C=O) groups excluding carboxylic acids is 1. The Bertz CT molecular complexity index is 566. The number of amides is 1. The molecule has 5 nitrogen and oxygen atoms in total. The summed E-state index contributed by atoms with van der Waals surface area (Å²) < 4.78 is 0. The molecule has 0 aromatic carbocycles. The molecule has 0 aliphatic rings. The summed E-state index contributed by atoms with van der Waals surface area (Å²) in [5.74, 6) is 0.583. The summed E-state index contributed by atoms with van der Waals surface area (Å²) in [6, 6.07) is 7.11. The van der Waals surface area contributed by atoms with E-state index in [0.717, 1.165) is 23.7 Å². The van der Waals surface area contributed by atoms with Gasteiger partial charge in [-0.3, -0.25) is 9.78 Å². The van der Waals surface area contributed by atoms with Gasteiger partial charge >= 0.3 is 0 Å². The highest BCUT2D eigenvalue weighted by Gasteiger charge is 2.06. The second-order valence-electron chi connectivity index (χ2n) is 4.10. The third-order valence-electron chi connectivity index (χ3n) is 2.54. The number of nitrogens with zero attached hydrogens (tertiary/aromatic N) is 2. The fourth-order valence-corrected chi connectivity index (χ4v) is 1.64. The Labute approximate surface area is 112 Å². The van der Waals surface area contributed by atoms with Crippen LogP contribution in [0.25, 0.3) is 0 Å². The fourth-order valence-electron chi connectivity index (χ4n) is 1.64. The summed E-state index contributed by atoms with van der Waals surface area (Å²) in [6.45, 7) is 4.67. The first kappa shape index (κ1) is 13.0. The van der Waals surface area contributed by atoms with E-state index in [4.69, 9.17) is 0 Å². The molecule has 98 valence electrons. The highest BCUT2D eigenvalue weighted by atomic mass is 16.1. The van der Waals surface area contributed by atoms with Crippen molar-refractivity contribution in [3.63, 3.8) is 0 Å². The molecule has 0 aliphatic carbocycles.